The molecule has 4 rings (SSSR count). The Morgan fingerprint density at radius 1 is 0.933 bits per heavy atom. The highest BCUT2D eigenvalue weighted by Crippen LogP contribution is 2.28. The van der Waals surface area contributed by atoms with Crippen molar-refractivity contribution in [2.75, 3.05) is 37.0 Å². The number of carbonyl (C=O) groups excluding carboxylic acids is 3. The van der Waals surface area contributed by atoms with Crippen LogP contribution in [0.15, 0.2) is 66.7 Å². The minimum atomic E-state index is -0.690. The van der Waals surface area contributed by atoms with E-state index in [0.29, 0.717) is 23.7 Å². The third kappa shape index (κ3) is 3.69. The molecule has 1 aliphatic rings. The Morgan fingerprint density at radius 2 is 1.67 bits per heavy atom. The van der Waals surface area contributed by atoms with Crippen molar-refractivity contribution in [2.45, 2.75) is 0 Å². The van der Waals surface area contributed by atoms with Crippen molar-refractivity contribution >= 4 is 39.9 Å². The van der Waals surface area contributed by atoms with E-state index in [1.807, 2.05) is 42.5 Å². The lowest BCUT2D eigenvalue weighted by Crippen LogP contribution is -2.56. The minimum absolute atomic E-state index is 0.202. The Kier molecular flexibility index (Phi) is 5.34. The van der Waals surface area contributed by atoms with Gasteiger partial charge in [-0.05, 0) is 23.6 Å². The first-order valence-electron chi connectivity index (χ1n) is 9.60. The molecule has 0 saturated carbocycles. The number of anilines is 2. The Bertz CT molecular complexity index is 1120. The molecule has 0 bridgehead atoms. The predicted octanol–water partition coefficient (Wildman–Crippen LogP) is 2.66. The van der Waals surface area contributed by atoms with E-state index in [9.17, 15) is 14.4 Å². The number of para-hydroxylation sites is 2. The quantitative estimate of drug-likeness (QED) is 0.665. The largest absolute Gasteiger partial charge is 0.495 e. The Labute approximate surface area is 173 Å². The molecule has 3 aromatic rings. The molecule has 0 spiro atoms. The van der Waals surface area contributed by atoms with Crippen LogP contribution in [0.1, 0.15) is 0 Å². The smallest absolute Gasteiger partial charge is 0.316 e. The highest BCUT2D eigenvalue weighted by molar-refractivity contribution is 6.41. The van der Waals surface area contributed by atoms with E-state index in [1.54, 1.807) is 24.3 Å². The molecule has 7 nitrogen and oxygen atoms in total. The van der Waals surface area contributed by atoms with E-state index >= 15 is 0 Å². The molecule has 0 unspecified atom stereocenters. The Morgan fingerprint density at radius 3 is 2.50 bits per heavy atom. The average molecular weight is 403 g/mol. The molecule has 1 saturated heterocycles. The van der Waals surface area contributed by atoms with Gasteiger partial charge < -0.3 is 19.9 Å². The number of amides is 3. The van der Waals surface area contributed by atoms with Gasteiger partial charge in [-0.1, -0.05) is 48.5 Å². The van der Waals surface area contributed by atoms with Gasteiger partial charge in [0.2, 0.25) is 5.91 Å². The van der Waals surface area contributed by atoms with Crippen LogP contribution in [0.2, 0.25) is 0 Å². The third-order valence-electron chi connectivity index (χ3n) is 5.08. The van der Waals surface area contributed by atoms with Crippen molar-refractivity contribution in [3.8, 4) is 5.75 Å². The van der Waals surface area contributed by atoms with Gasteiger partial charge in [0.25, 0.3) is 0 Å². The van der Waals surface area contributed by atoms with Crippen molar-refractivity contribution in [1.82, 2.24) is 4.90 Å². The van der Waals surface area contributed by atoms with Gasteiger partial charge >= 0.3 is 11.8 Å². The molecule has 1 aliphatic heterocycles. The molecule has 30 heavy (non-hydrogen) atoms. The monoisotopic (exact) mass is 403 g/mol. The molecule has 0 radical (unpaired) electrons. The van der Waals surface area contributed by atoms with E-state index in [1.165, 1.54) is 16.9 Å². The van der Waals surface area contributed by atoms with Crippen LogP contribution in [0.3, 0.4) is 0 Å². The van der Waals surface area contributed by atoms with E-state index < -0.39 is 11.8 Å². The number of nitrogens with one attached hydrogen (secondary N) is 1. The normalized spacial score (nSPS) is 14.2. The van der Waals surface area contributed by atoms with Crippen LogP contribution in [0.4, 0.5) is 11.4 Å². The first-order chi connectivity index (χ1) is 14.6. The van der Waals surface area contributed by atoms with Gasteiger partial charge in [-0.15, -0.1) is 0 Å². The predicted molar refractivity (Wildman–Crippen MR) is 115 cm³/mol. The summed E-state index contributed by atoms with van der Waals surface area (Å²) in [7, 11) is 1.51. The van der Waals surface area contributed by atoms with Crippen molar-refractivity contribution in [3.63, 3.8) is 0 Å². The standard InChI is InChI=1S/C23H21N3O4/c1-30-20-12-5-4-10-18(20)24-21(27)15-25-13-14-26(23(29)22(25)28)19-11-6-8-16-7-2-3-9-17(16)19/h2-12H,13-15H2,1H3,(H,24,27). The third-order valence-corrected chi connectivity index (χ3v) is 5.08. The number of fused-ring (bicyclic) bond motifs is 1. The maximum atomic E-state index is 12.8. The summed E-state index contributed by atoms with van der Waals surface area (Å²) >= 11 is 0. The molecule has 1 N–H and O–H groups in total. The van der Waals surface area contributed by atoms with Gasteiger partial charge in [-0.3, -0.25) is 14.4 Å². The fourth-order valence-electron chi connectivity index (χ4n) is 3.61. The molecule has 0 aliphatic carbocycles. The maximum absolute atomic E-state index is 12.8. The summed E-state index contributed by atoms with van der Waals surface area (Å²) in [6.07, 6.45) is 0. The molecular weight excluding hydrogens is 382 g/mol. The average Bonchev–Trinajstić information content (AvgIpc) is 2.77. The summed E-state index contributed by atoms with van der Waals surface area (Å²) in [6.45, 7) is 0.389. The number of hydrogen-bond acceptors (Lipinski definition) is 4. The number of hydrogen-bond donors (Lipinski definition) is 1. The summed E-state index contributed by atoms with van der Waals surface area (Å²) < 4.78 is 5.22. The van der Waals surface area contributed by atoms with Gasteiger partial charge in [0.05, 0.1) is 18.5 Å². The number of methoxy groups -OCH3 is 1. The molecule has 1 fully saturated rings. The lowest BCUT2D eigenvalue weighted by atomic mass is 10.1. The van der Waals surface area contributed by atoms with E-state index in [0.717, 1.165) is 10.8 Å². The maximum Gasteiger partial charge on any atom is 0.316 e. The van der Waals surface area contributed by atoms with Gasteiger partial charge in [-0.2, -0.15) is 0 Å². The molecular formula is C23H21N3O4. The number of nitrogens with zero attached hydrogens (tertiary/aromatic N) is 2. The molecule has 7 heteroatoms. The summed E-state index contributed by atoms with van der Waals surface area (Å²) in [6, 6.07) is 20.4. The zero-order valence-electron chi connectivity index (χ0n) is 16.5. The zero-order chi connectivity index (χ0) is 21.1. The van der Waals surface area contributed by atoms with E-state index in [2.05, 4.69) is 5.32 Å². The number of carbonyl (C=O) groups is 3. The first kappa shape index (κ1) is 19.4. The van der Waals surface area contributed by atoms with Crippen molar-refractivity contribution in [3.05, 3.63) is 66.7 Å². The minimum Gasteiger partial charge on any atom is -0.495 e. The van der Waals surface area contributed by atoms with Gasteiger partial charge in [-0.25, -0.2) is 0 Å². The molecule has 3 amide bonds. The number of ether oxygens (including phenoxy) is 1. The van der Waals surface area contributed by atoms with Crippen molar-refractivity contribution in [2.24, 2.45) is 0 Å². The summed E-state index contributed by atoms with van der Waals surface area (Å²) in [5.41, 5.74) is 1.21. The van der Waals surface area contributed by atoms with E-state index in [4.69, 9.17) is 4.74 Å². The fraction of sp³-hybridized carbons (Fsp3) is 0.174. The zero-order valence-corrected chi connectivity index (χ0v) is 16.5. The second kappa shape index (κ2) is 8.24. The van der Waals surface area contributed by atoms with Crippen LogP contribution in [0.25, 0.3) is 10.8 Å². The van der Waals surface area contributed by atoms with Gasteiger partial charge in [0.15, 0.2) is 0 Å². The highest BCUT2D eigenvalue weighted by atomic mass is 16.5. The molecule has 0 aromatic heterocycles. The molecule has 3 aromatic carbocycles. The fourth-order valence-corrected chi connectivity index (χ4v) is 3.61. The second-order valence-corrected chi connectivity index (χ2v) is 6.93. The number of piperazine rings is 1. The van der Waals surface area contributed by atoms with Gasteiger partial charge in [0.1, 0.15) is 12.3 Å². The topological polar surface area (TPSA) is 79.0 Å². The van der Waals surface area contributed by atoms with Gasteiger partial charge in [0, 0.05) is 18.5 Å². The summed E-state index contributed by atoms with van der Waals surface area (Å²) in [5.74, 6) is -1.19. The van der Waals surface area contributed by atoms with Crippen LogP contribution < -0.4 is 15.0 Å². The van der Waals surface area contributed by atoms with Crippen LogP contribution in [-0.4, -0.2) is 49.4 Å². The molecule has 152 valence electrons. The lowest BCUT2D eigenvalue weighted by Gasteiger charge is -2.34. The van der Waals surface area contributed by atoms with Crippen LogP contribution in [-0.2, 0) is 14.4 Å². The second-order valence-electron chi connectivity index (χ2n) is 6.93. The van der Waals surface area contributed by atoms with Crippen LogP contribution in [0.5, 0.6) is 5.75 Å². The Balaban J connectivity index is 1.47. The SMILES string of the molecule is COc1ccccc1NC(=O)CN1CCN(c2cccc3ccccc23)C(=O)C1=O. The van der Waals surface area contributed by atoms with Crippen LogP contribution >= 0.6 is 0 Å². The summed E-state index contributed by atoms with van der Waals surface area (Å²) in [4.78, 5) is 40.7. The molecule has 0 atom stereocenters. The highest BCUT2D eigenvalue weighted by Gasteiger charge is 2.34. The number of benzene rings is 3. The molecule has 1 heterocycles. The number of rotatable bonds is 5. The Hall–Kier alpha value is -3.87. The van der Waals surface area contributed by atoms with Crippen LogP contribution in [0, 0.1) is 0 Å². The van der Waals surface area contributed by atoms with Crippen molar-refractivity contribution < 1.29 is 19.1 Å². The first-order valence-corrected chi connectivity index (χ1v) is 9.60. The summed E-state index contributed by atoms with van der Waals surface area (Å²) in [5, 5.41) is 4.63. The van der Waals surface area contributed by atoms with Crippen molar-refractivity contribution in [1.29, 1.82) is 0 Å². The van der Waals surface area contributed by atoms with E-state index in [-0.39, 0.29) is 19.0 Å². The lowest BCUT2D eigenvalue weighted by molar-refractivity contribution is -0.147.